The van der Waals surface area contributed by atoms with E-state index in [1.165, 1.54) is 9.75 Å². The standard InChI is InChI=1S/C13H11Br2ClS/c1-7-4-3-5-9(12(7)16)11(15)13-10(14)6-8(2)17-13/h3-6,11H,1-2H3. The number of hydrogen-bond acceptors (Lipinski definition) is 1. The summed E-state index contributed by atoms with van der Waals surface area (Å²) < 4.78 is 1.14. The van der Waals surface area contributed by atoms with Gasteiger partial charge in [-0.05, 0) is 47.0 Å². The normalized spacial score (nSPS) is 12.8. The first-order chi connectivity index (χ1) is 8.00. The molecule has 0 amide bonds. The molecule has 0 saturated heterocycles. The van der Waals surface area contributed by atoms with Crippen molar-refractivity contribution in [3.8, 4) is 0 Å². The quantitative estimate of drug-likeness (QED) is 0.527. The minimum absolute atomic E-state index is 0.142. The van der Waals surface area contributed by atoms with E-state index in [4.69, 9.17) is 11.6 Å². The second-order valence-corrected chi connectivity index (χ2v) is 7.35. The summed E-state index contributed by atoms with van der Waals surface area (Å²) in [5, 5.41) is 0.840. The number of benzene rings is 1. The monoisotopic (exact) mass is 392 g/mol. The van der Waals surface area contributed by atoms with Gasteiger partial charge >= 0.3 is 0 Å². The second-order valence-electron chi connectivity index (χ2n) is 3.91. The molecule has 1 aromatic heterocycles. The Hall–Kier alpha value is 0.170. The average Bonchev–Trinajstić information content (AvgIpc) is 2.61. The number of thiophene rings is 1. The molecule has 0 saturated carbocycles. The van der Waals surface area contributed by atoms with Gasteiger partial charge in [-0.25, -0.2) is 0 Å². The van der Waals surface area contributed by atoms with E-state index in [1.54, 1.807) is 11.3 Å². The summed E-state index contributed by atoms with van der Waals surface area (Å²) in [4.78, 5) is 2.69. The smallest absolute Gasteiger partial charge is 0.0763 e. The fourth-order valence-corrected chi connectivity index (χ4v) is 5.14. The molecule has 0 aliphatic heterocycles. The van der Waals surface area contributed by atoms with Crippen LogP contribution in [0.5, 0.6) is 0 Å². The highest BCUT2D eigenvalue weighted by molar-refractivity contribution is 9.11. The van der Waals surface area contributed by atoms with Crippen molar-refractivity contribution in [3.63, 3.8) is 0 Å². The Bertz CT molecular complexity index is 548. The van der Waals surface area contributed by atoms with Crippen LogP contribution in [0.25, 0.3) is 0 Å². The summed E-state index contributed by atoms with van der Waals surface area (Å²) in [6.45, 7) is 4.14. The third kappa shape index (κ3) is 2.78. The van der Waals surface area contributed by atoms with Gasteiger partial charge in [0.2, 0.25) is 0 Å². The summed E-state index contributed by atoms with van der Waals surface area (Å²) in [6, 6.07) is 8.27. The molecule has 1 unspecified atom stereocenters. The molecule has 17 heavy (non-hydrogen) atoms. The van der Waals surface area contributed by atoms with E-state index in [-0.39, 0.29) is 4.83 Å². The van der Waals surface area contributed by atoms with Gasteiger partial charge in [-0.3, -0.25) is 0 Å². The van der Waals surface area contributed by atoms with E-state index in [1.807, 2.05) is 19.1 Å². The SMILES string of the molecule is Cc1cc(Br)c(C(Br)c2cccc(C)c2Cl)s1. The predicted octanol–water partition coefficient (Wildman–Crippen LogP) is 6.27. The van der Waals surface area contributed by atoms with Crippen molar-refractivity contribution < 1.29 is 0 Å². The molecule has 0 spiro atoms. The minimum atomic E-state index is 0.142. The third-order valence-corrected chi connectivity index (χ3v) is 6.37. The molecule has 0 N–H and O–H groups in total. The summed E-state index contributed by atoms with van der Waals surface area (Å²) in [7, 11) is 0. The molecule has 0 bridgehead atoms. The van der Waals surface area contributed by atoms with Crippen molar-refractivity contribution in [1.82, 2.24) is 0 Å². The molecule has 0 fully saturated rings. The Morgan fingerprint density at radius 2 is 2.00 bits per heavy atom. The van der Waals surface area contributed by atoms with Crippen LogP contribution >= 0.6 is 54.8 Å². The van der Waals surface area contributed by atoms with Gasteiger partial charge in [0.15, 0.2) is 0 Å². The molecule has 0 nitrogen and oxygen atoms in total. The largest absolute Gasteiger partial charge is 0.143 e. The lowest BCUT2D eigenvalue weighted by Crippen LogP contribution is -1.93. The van der Waals surface area contributed by atoms with E-state index in [0.29, 0.717) is 0 Å². The van der Waals surface area contributed by atoms with Crippen LogP contribution < -0.4 is 0 Å². The average molecular weight is 395 g/mol. The number of aryl methyl sites for hydroxylation is 2. The lowest BCUT2D eigenvalue weighted by atomic mass is 10.1. The molecule has 4 heteroatoms. The Balaban J connectivity index is 2.47. The first-order valence-electron chi connectivity index (χ1n) is 5.15. The second kappa shape index (κ2) is 5.43. The Kier molecular flexibility index (Phi) is 4.35. The molecule has 1 atom stereocenters. The zero-order valence-electron chi connectivity index (χ0n) is 9.43. The van der Waals surface area contributed by atoms with Crippen LogP contribution in [0.3, 0.4) is 0 Å². The number of rotatable bonds is 2. The van der Waals surface area contributed by atoms with Gasteiger partial charge in [-0.1, -0.05) is 45.7 Å². The highest BCUT2D eigenvalue weighted by atomic mass is 79.9. The summed E-state index contributed by atoms with van der Waals surface area (Å²) in [6.07, 6.45) is 0. The molecule has 1 aromatic carbocycles. The van der Waals surface area contributed by atoms with Crippen LogP contribution in [-0.4, -0.2) is 0 Å². The van der Waals surface area contributed by atoms with Crippen LogP contribution in [0, 0.1) is 13.8 Å². The van der Waals surface area contributed by atoms with Crippen molar-refractivity contribution >= 4 is 54.8 Å². The van der Waals surface area contributed by atoms with E-state index < -0.39 is 0 Å². The van der Waals surface area contributed by atoms with Gasteiger partial charge in [0.05, 0.1) is 4.83 Å². The van der Waals surface area contributed by atoms with Crippen LogP contribution in [-0.2, 0) is 0 Å². The first kappa shape index (κ1) is 13.6. The Morgan fingerprint density at radius 3 is 2.59 bits per heavy atom. The van der Waals surface area contributed by atoms with E-state index in [9.17, 15) is 0 Å². The maximum absolute atomic E-state index is 6.36. The van der Waals surface area contributed by atoms with Gasteiger partial charge in [0, 0.05) is 19.2 Å². The van der Waals surface area contributed by atoms with Crippen LogP contribution in [0.1, 0.15) is 25.7 Å². The molecule has 2 aromatic rings. The van der Waals surface area contributed by atoms with E-state index in [0.717, 1.165) is 20.6 Å². The van der Waals surface area contributed by atoms with Crippen LogP contribution in [0.4, 0.5) is 0 Å². The number of halogens is 3. The zero-order chi connectivity index (χ0) is 12.6. The number of alkyl halides is 1. The lowest BCUT2D eigenvalue weighted by Gasteiger charge is -2.12. The van der Waals surface area contributed by atoms with Gasteiger partial charge in [0.1, 0.15) is 0 Å². The van der Waals surface area contributed by atoms with Crippen molar-refractivity contribution in [3.05, 3.63) is 54.6 Å². The summed E-state index contributed by atoms with van der Waals surface area (Å²) >= 11 is 15.5. The fraction of sp³-hybridized carbons (Fsp3) is 0.231. The summed E-state index contributed by atoms with van der Waals surface area (Å²) in [5.41, 5.74) is 2.23. The fourth-order valence-electron chi connectivity index (χ4n) is 1.68. The lowest BCUT2D eigenvalue weighted by molar-refractivity contribution is 1.20. The topological polar surface area (TPSA) is 0 Å². The molecule has 1 heterocycles. The predicted molar refractivity (Wildman–Crippen MR) is 83.7 cm³/mol. The third-order valence-electron chi connectivity index (χ3n) is 2.56. The molecular formula is C13H11Br2ClS. The molecule has 0 aliphatic rings. The molecule has 0 radical (unpaired) electrons. The number of hydrogen-bond donors (Lipinski definition) is 0. The van der Waals surface area contributed by atoms with Crippen molar-refractivity contribution in [2.24, 2.45) is 0 Å². The zero-order valence-corrected chi connectivity index (χ0v) is 14.2. The van der Waals surface area contributed by atoms with Gasteiger partial charge in [-0.15, -0.1) is 11.3 Å². The Labute approximate surface area is 127 Å². The maximum atomic E-state index is 6.36. The summed E-state index contributed by atoms with van der Waals surface area (Å²) in [5.74, 6) is 0. The first-order valence-corrected chi connectivity index (χ1v) is 8.06. The highest BCUT2D eigenvalue weighted by Crippen LogP contribution is 2.43. The van der Waals surface area contributed by atoms with Crippen molar-refractivity contribution in [1.29, 1.82) is 0 Å². The van der Waals surface area contributed by atoms with E-state index in [2.05, 4.69) is 50.9 Å². The van der Waals surface area contributed by atoms with Crippen molar-refractivity contribution in [2.45, 2.75) is 18.7 Å². The van der Waals surface area contributed by atoms with Crippen LogP contribution in [0.15, 0.2) is 28.7 Å². The molecule has 90 valence electrons. The molecular weight excluding hydrogens is 383 g/mol. The van der Waals surface area contributed by atoms with Gasteiger partial charge in [0.25, 0.3) is 0 Å². The molecule has 0 aliphatic carbocycles. The van der Waals surface area contributed by atoms with Crippen molar-refractivity contribution in [2.75, 3.05) is 0 Å². The Morgan fingerprint density at radius 1 is 1.29 bits per heavy atom. The molecule has 2 rings (SSSR count). The van der Waals surface area contributed by atoms with Gasteiger partial charge in [-0.2, -0.15) is 0 Å². The maximum Gasteiger partial charge on any atom is 0.0763 e. The van der Waals surface area contributed by atoms with Crippen LogP contribution in [0.2, 0.25) is 5.02 Å². The highest BCUT2D eigenvalue weighted by Gasteiger charge is 2.19. The minimum Gasteiger partial charge on any atom is -0.143 e. The van der Waals surface area contributed by atoms with Gasteiger partial charge < -0.3 is 0 Å². The van der Waals surface area contributed by atoms with E-state index >= 15 is 0 Å².